The monoisotopic (exact) mass is 1010 g/mol. The van der Waals surface area contributed by atoms with Gasteiger partial charge >= 0.3 is 7.82 Å². The molecule has 0 aromatic carbocycles. The lowest BCUT2D eigenvalue weighted by atomic mass is 10.0. The predicted molar refractivity (Wildman–Crippen MR) is 309 cm³/mol. The molecule has 0 saturated carbocycles. The van der Waals surface area contributed by atoms with E-state index >= 15 is 0 Å². The molecule has 3 atom stereocenters. The Morgan fingerprint density at radius 3 is 1.30 bits per heavy atom. The number of likely N-dealkylation sites (N-methyl/N-ethyl adjacent to an activating group) is 1. The molecule has 0 aliphatic heterocycles. The fourth-order valence-corrected chi connectivity index (χ4v) is 8.72. The second-order valence-corrected chi connectivity index (χ2v) is 22.1. The Bertz CT molecular complexity index is 1470. The maximum atomic E-state index is 13.0. The first-order chi connectivity index (χ1) is 34.5. The molecule has 0 aromatic rings. The smallest absolute Gasteiger partial charge is 0.387 e. The summed E-state index contributed by atoms with van der Waals surface area (Å²) >= 11 is 0. The average molecular weight is 1010 g/mol. The molecule has 0 aromatic heterocycles. The van der Waals surface area contributed by atoms with Gasteiger partial charge in [0.15, 0.2) is 0 Å². The lowest BCUT2D eigenvalue weighted by Gasteiger charge is -2.25. The van der Waals surface area contributed by atoms with E-state index in [-0.39, 0.29) is 19.1 Å². The quantitative estimate of drug-likeness (QED) is 0.0243. The van der Waals surface area contributed by atoms with E-state index in [9.17, 15) is 19.4 Å². The Hall–Kier alpha value is -2.58. The summed E-state index contributed by atoms with van der Waals surface area (Å²) in [6, 6.07) is -0.878. The fraction of sp³-hybridized carbons (Fsp3) is 0.726. The van der Waals surface area contributed by atoms with Crippen molar-refractivity contribution in [2.45, 2.75) is 251 Å². The molecule has 1 amide bonds. The van der Waals surface area contributed by atoms with Crippen molar-refractivity contribution in [3.05, 3.63) is 97.2 Å². The van der Waals surface area contributed by atoms with Crippen molar-refractivity contribution in [2.24, 2.45) is 0 Å². The number of carbonyl (C=O) groups is 1. The van der Waals surface area contributed by atoms with Crippen LogP contribution in [0.25, 0.3) is 0 Å². The average Bonchev–Trinajstić information content (AvgIpc) is 3.33. The second-order valence-electron chi connectivity index (χ2n) is 20.6. The van der Waals surface area contributed by atoms with Gasteiger partial charge in [0.1, 0.15) is 13.2 Å². The summed E-state index contributed by atoms with van der Waals surface area (Å²) in [5.41, 5.74) is 0. The predicted octanol–water partition coefficient (Wildman–Crippen LogP) is 17.8. The normalized spacial score (nSPS) is 14.6. The minimum absolute atomic E-state index is 0.0486. The first kappa shape index (κ1) is 68.4. The first-order valence-corrected chi connectivity index (χ1v) is 30.6. The lowest BCUT2D eigenvalue weighted by molar-refractivity contribution is -0.870. The molecule has 9 heteroatoms. The van der Waals surface area contributed by atoms with Gasteiger partial charge in [-0.15, -0.1) is 0 Å². The molecule has 410 valence electrons. The summed E-state index contributed by atoms with van der Waals surface area (Å²) in [6.07, 6.45) is 75.1. The molecule has 8 nitrogen and oxygen atoms in total. The Morgan fingerprint density at radius 2 is 0.859 bits per heavy atom. The molecule has 71 heavy (non-hydrogen) atoms. The number of aliphatic hydroxyl groups is 1. The van der Waals surface area contributed by atoms with Crippen molar-refractivity contribution in [2.75, 3.05) is 40.9 Å². The number of nitrogens with one attached hydrogen (secondary N) is 1. The largest absolute Gasteiger partial charge is 0.472 e. The number of allylic oxidation sites excluding steroid dienone is 15. The number of amides is 1. The van der Waals surface area contributed by atoms with Gasteiger partial charge in [0.2, 0.25) is 5.91 Å². The summed E-state index contributed by atoms with van der Waals surface area (Å²) in [5, 5.41) is 13.9. The molecule has 0 fully saturated rings. The van der Waals surface area contributed by atoms with Gasteiger partial charge in [-0.3, -0.25) is 13.8 Å². The van der Waals surface area contributed by atoms with Crippen molar-refractivity contribution in [3.8, 4) is 0 Å². The van der Waals surface area contributed by atoms with E-state index in [1.54, 1.807) is 6.08 Å². The van der Waals surface area contributed by atoms with E-state index in [1.165, 1.54) is 141 Å². The molecule has 3 N–H and O–H groups in total. The Balaban J connectivity index is 4.30. The molecule has 3 unspecified atom stereocenters. The highest BCUT2D eigenvalue weighted by Gasteiger charge is 2.27. The highest BCUT2D eigenvalue weighted by atomic mass is 31.2. The Kier molecular flexibility index (Phi) is 50.4. The summed E-state index contributed by atoms with van der Waals surface area (Å²) in [5.74, 6) is -0.197. The van der Waals surface area contributed by atoms with E-state index < -0.39 is 20.0 Å². The van der Waals surface area contributed by atoms with Gasteiger partial charge in [-0.1, -0.05) is 239 Å². The first-order valence-electron chi connectivity index (χ1n) is 29.1. The third kappa shape index (κ3) is 55.0. The SMILES string of the molecule is CC/C=C\C/C=C\C/C=C\C/C=C\C/C=C\CCCCCCCCCCCCCC(=O)NC(COP(=O)(O)OCC[N+](C)(C)C)C(O)/C=C/CC/C=C/CC/C=C/CCCCCCCCCCCCCC. The van der Waals surface area contributed by atoms with Gasteiger partial charge in [-0.05, 0) is 89.9 Å². The van der Waals surface area contributed by atoms with Crippen LogP contribution in [0.1, 0.15) is 239 Å². The second kappa shape index (κ2) is 52.3. The van der Waals surface area contributed by atoms with Crippen LogP contribution in [0.4, 0.5) is 0 Å². The van der Waals surface area contributed by atoms with Gasteiger partial charge in [0.25, 0.3) is 0 Å². The molecule has 0 rings (SSSR count). The van der Waals surface area contributed by atoms with Crippen molar-refractivity contribution in [1.82, 2.24) is 5.32 Å². The lowest BCUT2D eigenvalue weighted by Crippen LogP contribution is -2.45. The van der Waals surface area contributed by atoms with Crippen molar-refractivity contribution in [3.63, 3.8) is 0 Å². The number of quaternary nitrogens is 1. The minimum atomic E-state index is -4.37. The van der Waals surface area contributed by atoms with Crippen LogP contribution >= 0.6 is 7.82 Å². The van der Waals surface area contributed by atoms with Crippen molar-refractivity contribution < 1.29 is 32.9 Å². The summed E-state index contributed by atoms with van der Waals surface area (Å²) in [4.78, 5) is 23.3. The molecule has 0 radical (unpaired) electrons. The molecule has 0 aliphatic rings. The third-order valence-electron chi connectivity index (χ3n) is 12.5. The van der Waals surface area contributed by atoms with Gasteiger partial charge in [0, 0.05) is 6.42 Å². The number of phosphoric ester groups is 1. The maximum absolute atomic E-state index is 13.0. The third-order valence-corrected chi connectivity index (χ3v) is 13.5. The molecule has 0 bridgehead atoms. The van der Waals surface area contributed by atoms with E-state index in [4.69, 9.17) is 9.05 Å². The van der Waals surface area contributed by atoms with Gasteiger partial charge < -0.3 is 19.8 Å². The molecule has 0 heterocycles. The summed E-state index contributed by atoms with van der Waals surface area (Å²) in [7, 11) is 1.53. The van der Waals surface area contributed by atoms with Crippen molar-refractivity contribution in [1.29, 1.82) is 0 Å². The van der Waals surface area contributed by atoms with Gasteiger partial charge in [-0.25, -0.2) is 4.57 Å². The van der Waals surface area contributed by atoms with Crippen LogP contribution in [0, 0.1) is 0 Å². The number of hydrogen-bond acceptors (Lipinski definition) is 5. The Morgan fingerprint density at radius 1 is 0.493 bits per heavy atom. The number of hydrogen-bond donors (Lipinski definition) is 3. The number of carbonyl (C=O) groups excluding carboxylic acids is 1. The van der Waals surface area contributed by atoms with Crippen molar-refractivity contribution >= 4 is 13.7 Å². The van der Waals surface area contributed by atoms with E-state index in [1.807, 2.05) is 27.2 Å². The van der Waals surface area contributed by atoms with E-state index in [0.717, 1.165) is 77.0 Å². The maximum Gasteiger partial charge on any atom is 0.472 e. The van der Waals surface area contributed by atoms with Gasteiger partial charge in [0.05, 0.1) is 39.9 Å². The Labute approximate surface area is 439 Å². The standard InChI is InChI=1S/C62H111N2O6P/c1-6-8-10-12-14-16-18-20-22-24-26-28-30-31-32-33-34-36-38-40-42-44-46-48-50-52-54-56-62(66)63-60(59-70-71(67,68)69-58-57-64(3,4)5)61(65)55-53-51-49-47-45-43-41-39-37-35-29-27-25-23-21-19-17-15-13-11-9-7-2/h8,10,14,16,20,22,26,28,31-32,37,39,45,47,53,55,60-61,65H,6-7,9,11-13,15,17-19,21,23-25,27,29-30,33-36,38,40-44,46,48-52,54,56-59H2,1-5H3,(H-,63,66,67,68)/p+1/b10-8-,16-14-,22-20-,28-26-,32-31-,39-37+,47-45+,55-53+. The zero-order valence-corrected chi connectivity index (χ0v) is 47.6. The van der Waals surface area contributed by atoms with Crippen LogP contribution in [0.2, 0.25) is 0 Å². The number of unbranched alkanes of at least 4 members (excludes halogenated alkanes) is 25. The number of nitrogens with zero attached hydrogens (tertiary/aromatic N) is 1. The van der Waals surface area contributed by atoms with Crippen LogP contribution in [0.15, 0.2) is 97.2 Å². The zero-order valence-electron chi connectivity index (χ0n) is 46.7. The van der Waals surface area contributed by atoms with Crippen LogP contribution in [-0.2, 0) is 18.4 Å². The fourth-order valence-electron chi connectivity index (χ4n) is 7.98. The van der Waals surface area contributed by atoms with E-state index in [0.29, 0.717) is 17.4 Å². The summed E-state index contributed by atoms with van der Waals surface area (Å²) < 4.78 is 23.7. The highest BCUT2D eigenvalue weighted by Crippen LogP contribution is 2.43. The van der Waals surface area contributed by atoms with Gasteiger partial charge in [-0.2, -0.15) is 0 Å². The van der Waals surface area contributed by atoms with Crippen LogP contribution in [0.5, 0.6) is 0 Å². The van der Waals surface area contributed by atoms with Crippen LogP contribution in [0.3, 0.4) is 0 Å². The van der Waals surface area contributed by atoms with Crippen LogP contribution < -0.4 is 5.32 Å². The molecule has 0 aliphatic carbocycles. The number of rotatable bonds is 52. The number of aliphatic hydroxyl groups excluding tert-OH is 1. The summed E-state index contributed by atoms with van der Waals surface area (Å²) in [6.45, 7) is 4.68. The molecular weight excluding hydrogens is 900 g/mol. The zero-order chi connectivity index (χ0) is 52.0. The highest BCUT2D eigenvalue weighted by molar-refractivity contribution is 7.47. The molecule has 0 spiro atoms. The molecule has 0 saturated heterocycles. The van der Waals surface area contributed by atoms with Crippen LogP contribution in [-0.4, -0.2) is 73.4 Å². The topological polar surface area (TPSA) is 105 Å². The number of phosphoric acid groups is 1. The minimum Gasteiger partial charge on any atom is -0.387 e. The molecular formula is C62H112N2O6P+. The van der Waals surface area contributed by atoms with E-state index in [2.05, 4.69) is 104 Å².